The molecule has 112 valence electrons. The highest BCUT2D eigenvalue weighted by Crippen LogP contribution is 2.32. The molecule has 3 aromatic rings. The molecule has 0 fully saturated rings. The smallest absolute Gasteiger partial charge is 0.260 e. The Kier molecular flexibility index (Phi) is 3.68. The first-order chi connectivity index (χ1) is 10.6. The fraction of sp³-hybridized carbons (Fsp3) is 0.133. The van der Waals surface area contributed by atoms with Gasteiger partial charge in [-0.05, 0) is 24.3 Å². The van der Waals surface area contributed by atoms with E-state index in [2.05, 4.69) is 15.5 Å². The Morgan fingerprint density at radius 1 is 1.27 bits per heavy atom. The number of carbonyl (C=O) groups is 1. The summed E-state index contributed by atoms with van der Waals surface area (Å²) in [6.07, 6.45) is 1.52. The third-order valence-electron chi connectivity index (χ3n) is 3.19. The molecule has 2 heterocycles. The lowest BCUT2D eigenvalue weighted by Gasteiger charge is -2.13. The zero-order valence-electron chi connectivity index (χ0n) is 12.0. The minimum absolute atomic E-state index is 0.139. The van der Waals surface area contributed by atoms with Crippen LogP contribution in [-0.4, -0.2) is 30.1 Å². The Morgan fingerprint density at radius 3 is 2.82 bits per heavy atom. The second-order valence-corrected chi connectivity index (χ2v) is 5.23. The SMILES string of the molecule is CN(C)c1cccc2onc(NC(=O)c3cccnc3Cl)c12. The molecule has 0 radical (unpaired) electrons. The summed E-state index contributed by atoms with van der Waals surface area (Å²) < 4.78 is 5.27. The normalized spacial score (nSPS) is 10.7. The third-order valence-corrected chi connectivity index (χ3v) is 3.49. The van der Waals surface area contributed by atoms with Crippen molar-refractivity contribution in [3.8, 4) is 0 Å². The molecule has 1 aromatic carbocycles. The average Bonchev–Trinajstić information content (AvgIpc) is 2.90. The van der Waals surface area contributed by atoms with E-state index >= 15 is 0 Å². The number of nitrogens with zero attached hydrogens (tertiary/aromatic N) is 3. The molecule has 0 aliphatic carbocycles. The van der Waals surface area contributed by atoms with E-state index in [0.29, 0.717) is 11.4 Å². The van der Waals surface area contributed by atoms with Gasteiger partial charge in [0.2, 0.25) is 0 Å². The van der Waals surface area contributed by atoms with E-state index in [9.17, 15) is 4.79 Å². The number of fused-ring (bicyclic) bond motifs is 1. The zero-order valence-corrected chi connectivity index (χ0v) is 12.8. The second-order valence-electron chi connectivity index (χ2n) is 4.87. The van der Waals surface area contributed by atoms with Crippen LogP contribution in [0, 0.1) is 0 Å². The highest BCUT2D eigenvalue weighted by Gasteiger charge is 2.18. The molecule has 2 aromatic heterocycles. The van der Waals surface area contributed by atoms with Gasteiger partial charge in [0.05, 0.1) is 16.6 Å². The van der Waals surface area contributed by atoms with Crippen LogP contribution in [0.15, 0.2) is 41.1 Å². The highest BCUT2D eigenvalue weighted by atomic mass is 35.5. The van der Waals surface area contributed by atoms with Crippen LogP contribution >= 0.6 is 11.6 Å². The fourth-order valence-corrected chi connectivity index (χ4v) is 2.37. The van der Waals surface area contributed by atoms with Gasteiger partial charge < -0.3 is 14.7 Å². The predicted molar refractivity (Wildman–Crippen MR) is 85.5 cm³/mol. The first-order valence-corrected chi connectivity index (χ1v) is 6.93. The zero-order chi connectivity index (χ0) is 15.7. The number of halogens is 1. The number of rotatable bonds is 3. The molecule has 1 amide bonds. The molecule has 1 N–H and O–H groups in total. The van der Waals surface area contributed by atoms with E-state index in [1.54, 1.807) is 18.2 Å². The molecule has 0 spiro atoms. The van der Waals surface area contributed by atoms with Gasteiger partial charge in [-0.15, -0.1) is 0 Å². The lowest BCUT2D eigenvalue weighted by Crippen LogP contribution is -2.14. The van der Waals surface area contributed by atoms with Gasteiger partial charge in [-0.1, -0.05) is 22.8 Å². The van der Waals surface area contributed by atoms with Gasteiger partial charge in [-0.3, -0.25) is 4.79 Å². The lowest BCUT2D eigenvalue weighted by molar-refractivity contribution is 0.102. The molecular formula is C15H13ClN4O2. The van der Waals surface area contributed by atoms with Crippen LogP contribution in [-0.2, 0) is 0 Å². The van der Waals surface area contributed by atoms with E-state index in [1.165, 1.54) is 6.20 Å². The van der Waals surface area contributed by atoms with Gasteiger partial charge in [0, 0.05) is 20.3 Å². The number of benzene rings is 1. The molecule has 0 saturated carbocycles. The molecule has 0 unspecified atom stereocenters. The molecule has 6 nitrogen and oxygen atoms in total. The van der Waals surface area contributed by atoms with Gasteiger partial charge in [0.1, 0.15) is 5.15 Å². The Bertz CT molecular complexity index is 844. The van der Waals surface area contributed by atoms with Crippen LogP contribution < -0.4 is 10.2 Å². The first-order valence-electron chi connectivity index (χ1n) is 6.55. The Labute approximate surface area is 131 Å². The summed E-state index contributed by atoms with van der Waals surface area (Å²) >= 11 is 5.94. The maximum atomic E-state index is 12.3. The summed E-state index contributed by atoms with van der Waals surface area (Å²) in [5, 5.41) is 7.54. The van der Waals surface area contributed by atoms with Gasteiger partial charge in [0.15, 0.2) is 11.4 Å². The second kappa shape index (κ2) is 5.65. The minimum Gasteiger partial charge on any atom is -0.377 e. The molecule has 3 rings (SSSR count). The van der Waals surface area contributed by atoms with E-state index in [1.807, 2.05) is 31.1 Å². The Balaban J connectivity index is 2.01. The highest BCUT2D eigenvalue weighted by molar-refractivity contribution is 6.33. The van der Waals surface area contributed by atoms with Gasteiger partial charge in [-0.2, -0.15) is 0 Å². The van der Waals surface area contributed by atoms with Crippen molar-refractivity contribution in [2.24, 2.45) is 0 Å². The van der Waals surface area contributed by atoms with E-state index in [4.69, 9.17) is 16.1 Å². The Morgan fingerprint density at radius 2 is 2.09 bits per heavy atom. The topological polar surface area (TPSA) is 71.3 Å². The minimum atomic E-state index is -0.387. The van der Waals surface area contributed by atoms with Crippen LogP contribution in [0.5, 0.6) is 0 Å². The van der Waals surface area contributed by atoms with E-state index < -0.39 is 0 Å². The molecular weight excluding hydrogens is 304 g/mol. The third kappa shape index (κ3) is 2.48. The van der Waals surface area contributed by atoms with Crippen molar-refractivity contribution in [1.82, 2.24) is 10.1 Å². The van der Waals surface area contributed by atoms with Crippen molar-refractivity contribution < 1.29 is 9.32 Å². The molecule has 0 aliphatic rings. The summed E-state index contributed by atoms with van der Waals surface area (Å²) in [4.78, 5) is 18.1. The van der Waals surface area contributed by atoms with Gasteiger partial charge >= 0.3 is 0 Å². The van der Waals surface area contributed by atoms with Crippen molar-refractivity contribution >= 4 is 40.0 Å². The number of amides is 1. The van der Waals surface area contributed by atoms with Crippen LogP contribution in [0.2, 0.25) is 5.15 Å². The average molecular weight is 317 g/mol. The number of carbonyl (C=O) groups excluding carboxylic acids is 1. The van der Waals surface area contributed by atoms with Gasteiger partial charge in [-0.25, -0.2) is 4.98 Å². The standard InChI is InChI=1S/C15H13ClN4O2/c1-20(2)10-6-3-7-11-12(10)14(19-22-11)18-15(21)9-5-4-8-17-13(9)16/h3-8H,1-2H3,(H,18,19,21). The molecule has 0 aliphatic heterocycles. The van der Waals surface area contributed by atoms with Gasteiger partial charge in [0.25, 0.3) is 5.91 Å². The quantitative estimate of drug-likeness (QED) is 0.751. The monoisotopic (exact) mass is 316 g/mol. The van der Waals surface area contributed by atoms with Crippen molar-refractivity contribution in [3.63, 3.8) is 0 Å². The molecule has 0 saturated heterocycles. The number of pyridine rings is 1. The molecule has 0 atom stereocenters. The summed E-state index contributed by atoms with van der Waals surface area (Å²) in [7, 11) is 3.82. The predicted octanol–water partition coefficient (Wildman–Crippen LogP) is 3.19. The van der Waals surface area contributed by atoms with Crippen LogP contribution in [0.4, 0.5) is 11.5 Å². The maximum absolute atomic E-state index is 12.3. The van der Waals surface area contributed by atoms with Crippen molar-refractivity contribution in [1.29, 1.82) is 0 Å². The van der Waals surface area contributed by atoms with Crippen molar-refractivity contribution in [2.45, 2.75) is 0 Å². The summed E-state index contributed by atoms with van der Waals surface area (Å²) in [6.45, 7) is 0. The fourth-order valence-electron chi connectivity index (χ4n) is 2.16. The Hall–Kier alpha value is -2.60. The van der Waals surface area contributed by atoms with Crippen molar-refractivity contribution in [2.75, 3.05) is 24.3 Å². The number of nitrogens with one attached hydrogen (secondary N) is 1. The van der Waals surface area contributed by atoms with Crippen molar-refractivity contribution in [3.05, 3.63) is 47.2 Å². The molecule has 0 bridgehead atoms. The first kappa shape index (κ1) is 14.3. The number of anilines is 2. The largest absolute Gasteiger partial charge is 0.377 e. The maximum Gasteiger partial charge on any atom is 0.260 e. The number of hydrogen-bond donors (Lipinski definition) is 1. The summed E-state index contributed by atoms with van der Waals surface area (Å²) in [5.41, 5.74) is 1.77. The summed E-state index contributed by atoms with van der Waals surface area (Å²) in [6, 6.07) is 8.83. The lowest BCUT2D eigenvalue weighted by atomic mass is 10.2. The number of aromatic nitrogens is 2. The summed E-state index contributed by atoms with van der Waals surface area (Å²) in [5.74, 6) is -0.0360. The van der Waals surface area contributed by atoms with Crippen LogP contribution in [0.25, 0.3) is 11.0 Å². The molecule has 7 heteroatoms. The van der Waals surface area contributed by atoms with Crippen LogP contribution in [0.1, 0.15) is 10.4 Å². The van der Waals surface area contributed by atoms with Crippen LogP contribution in [0.3, 0.4) is 0 Å². The van der Waals surface area contributed by atoms with E-state index in [-0.39, 0.29) is 16.6 Å². The van der Waals surface area contributed by atoms with E-state index in [0.717, 1.165) is 11.1 Å². The number of hydrogen-bond acceptors (Lipinski definition) is 5. The molecule has 22 heavy (non-hydrogen) atoms.